The summed E-state index contributed by atoms with van der Waals surface area (Å²) >= 11 is 9.87. The van der Waals surface area contributed by atoms with Crippen LogP contribution in [0.5, 0.6) is 0 Å². The summed E-state index contributed by atoms with van der Waals surface area (Å²) in [4.78, 5) is 0. The van der Waals surface area contributed by atoms with Crippen molar-refractivity contribution in [1.82, 2.24) is 0 Å². The summed E-state index contributed by atoms with van der Waals surface area (Å²) < 4.78 is 0. The average Bonchev–Trinajstić information content (AvgIpc) is 3.03. The summed E-state index contributed by atoms with van der Waals surface area (Å²) in [6, 6.07) is 29.4. The molecule has 0 heterocycles. The van der Waals surface area contributed by atoms with Gasteiger partial charge in [0.05, 0.1) is 5.41 Å². The minimum Gasteiger partial charge on any atom is -0.174 e. The zero-order valence-electron chi connectivity index (χ0n) is 15.0. The summed E-state index contributed by atoms with van der Waals surface area (Å²) in [5.41, 5.74) is 4.35. The quantitative estimate of drug-likeness (QED) is 0.390. The summed E-state index contributed by atoms with van der Waals surface area (Å²) in [7, 11) is 0. The van der Waals surface area contributed by atoms with Gasteiger partial charge in [0, 0.05) is 16.1 Å². The summed E-state index contributed by atoms with van der Waals surface area (Å²) in [6.45, 7) is 0. The van der Waals surface area contributed by atoms with Gasteiger partial charge < -0.3 is 0 Å². The maximum absolute atomic E-state index is 4.93. The van der Waals surface area contributed by atoms with Gasteiger partial charge in [-0.3, -0.25) is 0 Å². The van der Waals surface area contributed by atoms with Gasteiger partial charge in [-0.05, 0) is 41.7 Å². The Labute approximate surface area is 172 Å². The molecule has 0 amide bonds. The maximum atomic E-state index is 4.93. The molecule has 2 heteroatoms. The first-order chi connectivity index (χ1) is 13.2. The standard InChI is InChI=1S/C25H22S2/c26-23-15-16-24(27)25(23,18-17-19-7-3-1-4-8-19)22-13-11-21(12-14-22)20-9-5-2-6-10-20/h1-14,23-24,26-27H,15-16H2. The molecule has 0 bridgehead atoms. The molecule has 3 aromatic carbocycles. The molecule has 0 spiro atoms. The number of hydrogen-bond donors (Lipinski definition) is 2. The fourth-order valence-corrected chi connectivity index (χ4v) is 5.09. The van der Waals surface area contributed by atoms with Crippen molar-refractivity contribution in [2.24, 2.45) is 0 Å². The first-order valence-corrected chi connectivity index (χ1v) is 10.3. The van der Waals surface area contributed by atoms with Crippen LogP contribution in [0, 0.1) is 11.8 Å². The molecule has 0 saturated heterocycles. The van der Waals surface area contributed by atoms with E-state index < -0.39 is 0 Å². The Morgan fingerprint density at radius 1 is 0.667 bits per heavy atom. The third kappa shape index (κ3) is 3.55. The molecule has 0 nitrogen and oxygen atoms in total. The van der Waals surface area contributed by atoms with Gasteiger partial charge in [-0.1, -0.05) is 84.6 Å². The van der Waals surface area contributed by atoms with Gasteiger partial charge in [-0.15, -0.1) is 0 Å². The molecule has 27 heavy (non-hydrogen) atoms. The van der Waals surface area contributed by atoms with Gasteiger partial charge >= 0.3 is 0 Å². The minimum atomic E-state index is -0.336. The van der Waals surface area contributed by atoms with Crippen molar-refractivity contribution in [2.45, 2.75) is 28.8 Å². The third-order valence-electron chi connectivity index (χ3n) is 5.42. The fraction of sp³-hybridized carbons (Fsp3) is 0.200. The van der Waals surface area contributed by atoms with E-state index in [1.165, 1.54) is 16.7 Å². The Hall–Kier alpha value is -2.08. The second-order valence-electron chi connectivity index (χ2n) is 7.04. The highest BCUT2D eigenvalue weighted by Crippen LogP contribution is 2.47. The molecule has 4 rings (SSSR count). The normalized spacial score (nSPS) is 24.2. The number of benzene rings is 3. The first-order valence-electron chi connectivity index (χ1n) is 9.30. The van der Waals surface area contributed by atoms with Crippen LogP contribution in [0.1, 0.15) is 24.0 Å². The number of rotatable bonds is 2. The van der Waals surface area contributed by atoms with Crippen LogP contribution in [0.3, 0.4) is 0 Å². The highest BCUT2D eigenvalue weighted by Gasteiger charge is 2.47. The highest BCUT2D eigenvalue weighted by molar-refractivity contribution is 7.82. The van der Waals surface area contributed by atoms with Crippen molar-refractivity contribution in [3.8, 4) is 23.0 Å². The minimum absolute atomic E-state index is 0.179. The van der Waals surface area contributed by atoms with Gasteiger partial charge in [-0.25, -0.2) is 0 Å². The van der Waals surface area contributed by atoms with Crippen molar-refractivity contribution in [3.05, 3.63) is 96.1 Å². The Balaban J connectivity index is 1.75. The molecular formula is C25H22S2. The molecule has 0 aliphatic heterocycles. The molecule has 2 atom stereocenters. The van der Waals surface area contributed by atoms with Crippen molar-refractivity contribution in [1.29, 1.82) is 0 Å². The molecule has 0 radical (unpaired) electrons. The van der Waals surface area contributed by atoms with E-state index in [0.717, 1.165) is 18.4 Å². The van der Waals surface area contributed by atoms with Gasteiger partial charge in [0.15, 0.2) is 0 Å². The molecule has 134 valence electrons. The topological polar surface area (TPSA) is 0 Å². The summed E-state index contributed by atoms with van der Waals surface area (Å²) in [5.74, 6) is 6.97. The lowest BCUT2D eigenvalue weighted by Gasteiger charge is -2.32. The van der Waals surface area contributed by atoms with E-state index in [4.69, 9.17) is 25.3 Å². The molecule has 0 aromatic heterocycles. The van der Waals surface area contributed by atoms with Crippen molar-refractivity contribution in [2.75, 3.05) is 0 Å². The van der Waals surface area contributed by atoms with Gasteiger partial charge in [0.25, 0.3) is 0 Å². The summed E-state index contributed by atoms with van der Waals surface area (Å²) in [5, 5.41) is 0.359. The highest BCUT2D eigenvalue weighted by atomic mass is 32.1. The molecule has 3 aromatic rings. The van der Waals surface area contributed by atoms with Crippen molar-refractivity contribution in [3.63, 3.8) is 0 Å². The van der Waals surface area contributed by atoms with E-state index in [1.807, 2.05) is 24.3 Å². The first kappa shape index (κ1) is 18.3. The van der Waals surface area contributed by atoms with Crippen LogP contribution < -0.4 is 0 Å². The van der Waals surface area contributed by atoms with Crippen LogP contribution in [-0.4, -0.2) is 10.5 Å². The van der Waals surface area contributed by atoms with E-state index in [1.54, 1.807) is 0 Å². The fourth-order valence-electron chi connectivity index (χ4n) is 3.88. The Morgan fingerprint density at radius 2 is 1.19 bits per heavy atom. The zero-order valence-corrected chi connectivity index (χ0v) is 16.8. The van der Waals surface area contributed by atoms with Crippen molar-refractivity contribution < 1.29 is 0 Å². The lowest BCUT2D eigenvalue weighted by Crippen LogP contribution is -2.37. The van der Waals surface area contributed by atoms with Crippen LogP contribution in [0.25, 0.3) is 11.1 Å². The maximum Gasteiger partial charge on any atom is 0.0797 e. The lowest BCUT2D eigenvalue weighted by atomic mass is 9.78. The predicted octanol–water partition coefficient (Wildman–Crippen LogP) is 6.03. The average molecular weight is 387 g/mol. The lowest BCUT2D eigenvalue weighted by molar-refractivity contribution is 0.611. The van der Waals surface area contributed by atoms with Crippen LogP contribution in [0.15, 0.2) is 84.9 Å². The summed E-state index contributed by atoms with van der Waals surface area (Å²) in [6.07, 6.45) is 2.06. The number of thiol groups is 2. The molecule has 1 saturated carbocycles. The Bertz CT molecular complexity index is 940. The van der Waals surface area contributed by atoms with Crippen molar-refractivity contribution >= 4 is 25.3 Å². The van der Waals surface area contributed by atoms with Gasteiger partial charge in [0.2, 0.25) is 0 Å². The molecule has 2 unspecified atom stereocenters. The van der Waals surface area contributed by atoms with E-state index >= 15 is 0 Å². The molecule has 1 aliphatic rings. The van der Waals surface area contributed by atoms with E-state index in [-0.39, 0.29) is 15.9 Å². The molecule has 1 fully saturated rings. The third-order valence-corrected chi connectivity index (χ3v) is 6.75. The predicted molar refractivity (Wildman–Crippen MR) is 122 cm³/mol. The van der Waals surface area contributed by atoms with E-state index in [0.29, 0.717) is 0 Å². The van der Waals surface area contributed by atoms with Crippen LogP contribution in [0.4, 0.5) is 0 Å². The number of hydrogen-bond acceptors (Lipinski definition) is 2. The molecule has 0 N–H and O–H groups in total. The smallest absolute Gasteiger partial charge is 0.0797 e. The second-order valence-corrected chi connectivity index (χ2v) is 8.28. The van der Waals surface area contributed by atoms with Crippen LogP contribution in [0.2, 0.25) is 0 Å². The SMILES string of the molecule is SC1CCC(S)C1(C#Cc1ccccc1)c1ccc(-c2ccccc2)cc1. The van der Waals surface area contributed by atoms with E-state index in [9.17, 15) is 0 Å². The van der Waals surface area contributed by atoms with Gasteiger partial charge in [0.1, 0.15) is 0 Å². The second kappa shape index (κ2) is 7.89. The zero-order chi connectivity index (χ0) is 18.7. The Morgan fingerprint density at radius 3 is 1.78 bits per heavy atom. The molecular weight excluding hydrogens is 364 g/mol. The monoisotopic (exact) mass is 386 g/mol. The van der Waals surface area contributed by atoms with E-state index in [2.05, 4.69) is 72.5 Å². The van der Waals surface area contributed by atoms with Crippen LogP contribution in [-0.2, 0) is 5.41 Å². The van der Waals surface area contributed by atoms with Crippen LogP contribution >= 0.6 is 25.3 Å². The Kier molecular flexibility index (Phi) is 5.34. The molecule has 1 aliphatic carbocycles. The van der Waals surface area contributed by atoms with Gasteiger partial charge in [-0.2, -0.15) is 25.3 Å². The largest absolute Gasteiger partial charge is 0.174 e.